The number of aliphatic hydroxyl groups excluding tert-OH is 1. The lowest BCUT2D eigenvalue weighted by atomic mass is 9.75. The van der Waals surface area contributed by atoms with Gasteiger partial charge in [0.15, 0.2) is 5.96 Å². The first kappa shape index (κ1) is 21.1. The minimum Gasteiger partial charge on any atom is -0.391 e. The molecule has 3 fully saturated rings. The van der Waals surface area contributed by atoms with Crippen molar-refractivity contribution in [2.75, 3.05) is 0 Å². The van der Waals surface area contributed by atoms with Gasteiger partial charge in [-0.15, -0.1) is 0 Å². The fraction of sp³-hybridized carbons (Fsp3) is 0.917. The number of amides is 1. The number of nitrogens with two attached hydrogens (primary N) is 1. The molecule has 1 amide bonds. The van der Waals surface area contributed by atoms with Crippen LogP contribution in [0.1, 0.15) is 109 Å². The van der Waals surface area contributed by atoms with Crippen LogP contribution in [-0.4, -0.2) is 39.6 Å². The second-order valence-electron chi connectivity index (χ2n) is 10.3. The van der Waals surface area contributed by atoms with Crippen molar-refractivity contribution in [3.8, 4) is 0 Å². The van der Waals surface area contributed by atoms with Gasteiger partial charge in [0.25, 0.3) is 5.91 Å². The van der Waals surface area contributed by atoms with E-state index in [4.69, 9.17) is 10.7 Å². The van der Waals surface area contributed by atoms with Crippen LogP contribution in [0, 0.1) is 11.8 Å². The van der Waals surface area contributed by atoms with E-state index in [9.17, 15) is 9.90 Å². The average Bonchev–Trinajstić information content (AvgIpc) is 2.98. The molecule has 0 aromatic carbocycles. The zero-order chi connectivity index (χ0) is 20.3. The summed E-state index contributed by atoms with van der Waals surface area (Å²) in [6.07, 6.45) is 19.0. The zero-order valence-corrected chi connectivity index (χ0v) is 18.2. The molecule has 0 spiro atoms. The molecule has 0 aromatic rings. The normalized spacial score (nSPS) is 35.1. The number of hydrogen-bond acceptors (Lipinski definition) is 4. The highest BCUT2D eigenvalue weighted by Crippen LogP contribution is 2.42. The highest BCUT2D eigenvalue weighted by Gasteiger charge is 2.51. The minimum atomic E-state index is -0.666. The summed E-state index contributed by atoms with van der Waals surface area (Å²) in [6.45, 7) is 0. The van der Waals surface area contributed by atoms with Gasteiger partial charge in [-0.1, -0.05) is 77.0 Å². The summed E-state index contributed by atoms with van der Waals surface area (Å²) in [5.41, 5.74) is 5.73. The average molecular weight is 404 g/mol. The number of nitrogens with zero attached hydrogens (tertiary/aromatic N) is 2. The van der Waals surface area contributed by atoms with Crippen molar-refractivity contribution in [1.82, 2.24) is 4.90 Å². The first-order valence-electron chi connectivity index (χ1n) is 12.5. The van der Waals surface area contributed by atoms with Crippen molar-refractivity contribution in [2.24, 2.45) is 22.6 Å². The second kappa shape index (κ2) is 9.36. The van der Waals surface area contributed by atoms with E-state index in [1.54, 1.807) is 4.90 Å². The number of aliphatic hydroxyl groups is 1. The van der Waals surface area contributed by atoms with Crippen LogP contribution in [0.4, 0.5) is 0 Å². The quantitative estimate of drug-likeness (QED) is 0.684. The topological polar surface area (TPSA) is 78.9 Å². The maximum Gasteiger partial charge on any atom is 0.257 e. The summed E-state index contributed by atoms with van der Waals surface area (Å²) >= 11 is 0. The van der Waals surface area contributed by atoms with E-state index in [1.165, 1.54) is 64.2 Å². The molecule has 3 atom stereocenters. The lowest BCUT2D eigenvalue weighted by Crippen LogP contribution is -2.54. The van der Waals surface area contributed by atoms with Gasteiger partial charge in [0.2, 0.25) is 0 Å². The van der Waals surface area contributed by atoms with Crippen LogP contribution in [0.5, 0.6) is 0 Å². The van der Waals surface area contributed by atoms with Crippen LogP contribution in [0.25, 0.3) is 0 Å². The summed E-state index contributed by atoms with van der Waals surface area (Å²) < 4.78 is 0. The van der Waals surface area contributed by atoms with Gasteiger partial charge in [0.1, 0.15) is 5.54 Å². The van der Waals surface area contributed by atoms with Gasteiger partial charge in [-0.2, -0.15) is 0 Å². The van der Waals surface area contributed by atoms with Crippen molar-refractivity contribution in [1.29, 1.82) is 0 Å². The Balaban J connectivity index is 1.52. The first-order valence-corrected chi connectivity index (χ1v) is 12.5. The molecular formula is C24H41N3O2. The van der Waals surface area contributed by atoms with Gasteiger partial charge in [-0.25, -0.2) is 4.99 Å². The highest BCUT2D eigenvalue weighted by molar-refractivity contribution is 6.07. The van der Waals surface area contributed by atoms with Gasteiger partial charge in [0.05, 0.1) is 12.1 Å². The molecule has 5 heteroatoms. The summed E-state index contributed by atoms with van der Waals surface area (Å²) in [7, 11) is 0. The van der Waals surface area contributed by atoms with E-state index >= 15 is 0 Å². The van der Waals surface area contributed by atoms with E-state index in [1.807, 2.05) is 0 Å². The maximum absolute atomic E-state index is 13.8. The third-order valence-electron chi connectivity index (χ3n) is 8.26. The molecule has 4 rings (SSSR count). The predicted molar refractivity (Wildman–Crippen MR) is 116 cm³/mol. The molecule has 3 N–H and O–H groups in total. The molecule has 1 aliphatic heterocycles. The van der Waals surface area contributed by atoms with Crippen LogP contribution in [0.3, 0.4) is 0 Å². The first-order chi connectivity index (χ1) is 14.1. The van der Waals surface area contributed by atoms with Crippen LogP contribution in [0.15, 0.2) is 4.99 Å². The van der Waals surface area contributed by atoms with Crippen molar-refractivity contribution < 1.29 is 9.90 Å². The Hall–Kier alpha value is -1.10. The van der Waals surface area contributed by atoms with E-state index < -0.39 is 11.6 Å². The number of carbonyl (C=O) groups is 1. The number of carbonyl (C=O) groups excluding carboxylic acids is 1. The molecule has 0 aromatic heterocycles. The third kappa shape index (κ3) is 4.65. The molecule has 1 unspecified atom stereocenters. The van der Waals surface area contributed by atoms with Crippen molar-refractivity contribution >= 4 is 11.9 Å². The SMILES string of the molecule is NC1=NC(CCC2CCCCC2)(CC2CCCCC2)C(=O)N1[C@H]1CCCC[C@@H]1O. The minimum absolute atomic E-state index is 0.0994. The standard InChI is InChI=1S/C24H41N3O2/c25-23-26-24(17-19-11-5-2-6-12-19,16-15-18-9-3-1-4-10-18)22(29)27(23)20-13-7-8-14-21(20)28/h18-21,28H,1-17H2,(H2,25,26)/t20-,21-,24?/m0/s1. The molecular weight excluding hydrogens is 362 g/mol. The maximum atomic E-state index is 13.8. The lowest BCUT2D eigenvalue weighted by Gasteiger charge is -2.37. The van der Waals surface area contributed by atoms with Crippen LogP contribution >= 0.6 is 0 Å². The molecule has 5 nitrogen and oxygen atoms in total. The van der Waals surface area contributed by atoms with Crippen molar-refractivity contribution in [2.45, 2.75) is 127 Å². The van der Waals surface area contributed by atoms with Crippen LogP contribution < -0.4 is 5.73 Å². The molecule has 0 radical (unpaired) electrons. The lowest BCUT2D eigenvalue weighted by molar-refractivity contribution is -0.136. The molecule has 4 aliphatic rings. The van der Waals surface area contributed by atoms with Gasteiger partial charge in [-0.3, -0.25) is 9.69 Å². The number of rotatable bonds is 6. The van der Waals surface area contributed by atoms with E-state index in [2.05, 4.69) is 0 Å². The largest absolute Gasteiger partial charge is 0.391 e. The number of aliphatic imine (C=N–C) groups is 1. The Morgan fingerprint density at radius 3 is 2.14 bits per heavy atom. The molecule has 3 saturated carbocycles. The predicted octanol–water partition coefficient (Wildman–Crippen LogP) is 4.52. The van der Waals surface area contributed by atoms with Crippen molar-refractivity contribution in [3.05, 3.63) is 0 Å². The van der Waals surface area contributed by atoms with Gasteiger partial charge >= 0.3 is 0 Å². The fourth-order valence-corrected chi connectivity index (χ4v) is 6.55. The van der Waals surface area contributed by atoms with Crippen molar-refractivity contribution in [3.63, 3.8) is 0 Å². The number of hydrogen-bond donors (Lipinski definition) is 2. The van der Waals surface area contributed by atoms with E-state index in [-0.39, 0.29) is 11.9 Å². The van der Waals surface area contributed by atoms with Gasteiger partial charge in [0, 0.05) is 0 Å². The molecule has 1 heterocycles. The molecule has 0 bridgehead atoms. The molecule has 3 aliphatic carbocycles. The van der Waals surface area contributed by atoms with Crippen LogP contribution in [0.2, 0.25) is 0 Å². The van der Waals surface area contributed by atoms with E-state index in [0.29, 0.717) is 11.9 Å². The van der Waals surface area contributed by atoms with E-state index in [0.717, 1.165) is 50.9 Å². The Morgan fingerprint density at radius 2 is 1.48 bits per heavy atom. The second-order valence-corrected chi connectivity index (χ2v) is 10.3. The summed E-state index contributed by atoms with van der Waals surface area (Å²) in [5.74, 6) is 1.81. The Labute approximate surface area is 176 Å². The highest BCUT2D eigenvalue weighted by atomic mass is 16.3. The molecule has 0 saturated heterocycles. The molecule has 164 valence electrons. The van der Waals surface area contributed by atoms with Gasteiger partial charge < -0.3 is 10.8 Å². The smallest absolute Gasteiger partial charge is 0.257 e. The molecule has 29 heavy (non-hydrogen) atoms. The third-order valence-corrected chi connectivity index (χ3v) is 8.26. The zero-order valence-electron chi connectivity index (χ0n) is 18.2. The summed E-state index contributed by atoms with van der Waals surface area (Å²) in [4.78, 5) is 20.5. The van der Waals surface area contributed by atoms with Crippen LogP contribution in [-0.2, 0) is 4.79 Å². The monoisotopic (exact) mass is 403 g/mol. The number of guanidine groups is 1. The Morgan fingerprint density at radius 1 is 0.897 bits per heavy atom. The van der Waals surface area contributed by atoms with Gasteiger partial charge in [-0.05, 0) is 43.9 Å². The summed E-state index contributed by atoms with van der Waals surface area (Å²) in [6, 6.07) is -0.178. The summed E-state index contributed by atoms with van der Waals surface area (Å²) in [5, 5.41) is 10.6. The Bertz CT molecular complexity index is 595. The fourth-order valence-electron chi connectivity index (χ4n) is 6.55. The Kier molecular flexibility index (Phi) is 6.83.